The van der Waals surface area contributed by atoms with Crippen LogP contribution in [-0.4, -0.2) is 24.7 Å². The van der Waals surface area contributed by atoms with Gasteiger partial charge in [0.15, 0.2) is 0 Å². The van der Waals surface area contributed by atoms with Crippen molar-refractivity contribution in [1.82, 2.24) is 14.5 Å². The van der Waals surface area contributed by atoms with Gasteiger partial charge in [-0.15, -0.1) is 11.3 Å². The monoisotopic (exact) mass is 314 g/mol. The first-order valence-electron chi connectivity index (χ1n) is 6.28. The van der Waals surface area contributed by atoms with E-state index in [2.05, 4.69) is 9.82 Å². The van der Waals surface area contributed by atoms with E-state index in [1.54, 1.807) is 16.0 Å². The first kappa shape index (κ1) is 15.2. The van der Waals surface area contributed by atoms with Crippen molar-refractivity contribution in [3.8, 4) is 0 Å². The van der Waals surface area contributed by atoms with Crippen LogP contribution in [0.2, 0.25) is 0 Å². The first-order valence-corrected chi connectivity index (χ1v) is 8.64. The molecule has 20 heavy (non-hydrogen) atoms. The Kier molecular flexibility index (Phi) is 4.92. The number of hydrogen-bond acceptors (Lipinski definition) is 5. The summed E-state index contributed by atoms with van der Waals surface area (Å²) in [5, 5.41) is 5.98. The fraction of sp³-hybridized carbons (Fsp3) is 0.417. The standard InChI is InChI=1S/C12H18N4O2S2/c1-10-3-6-19-12(10)8-15-20(17,18)11-7-14-16(9-11)5-2-4-13/h3,6-7,9,15H,2,4-5,8,13H2,1H3. The predicted octanol–water partition coefficient (Wildman–Crippen LogP) is 1.08. The smallest absolute Gasteiger partial charge is 0.244 e. The van der Waals surface area contributed by atoms with E-state index in [1.165, 1.54) is 12.4 Å². The van der Waals surface area contributed by atoms with E-state index < -0.39 is 10.0 Å². The van der Waals surface area contributed by atoms with Crippen LogP contribution in [-0.2, 0) is 23.1 Å². The van der Waals surface area contributed by atoms with Crippen molar-refractivity contribution < 1.29 is 8.42 Å². The Balaban J connectivity index is 2.03. The van der Waals surface area contributed by atoms with Crippen LogP contribution in [0.25, 0.3) is 0 Å². The summed E-state index contributed by atoms with van der Waals surface area (Å²) < 4.78 is 28.5. The molecule has 2 aromatic rings. The molecule has 2 heterocycles. The molecule has 8 heteroatoms. The molecule has 0 bridgehead atoms. The van der Waals surface area contributed by atoms with Crippen molar-refractivity contribution >= 4 is 21.4 Å². The number of hydrogen-bond donors (Lipinski definition) is 2. The Labute approximate surface area is 122 Å². The average molecular weight is 314 g/mol. The van der Waals surface area contributed by atoms with Crippen molar-refractivity contribution in [2.75, 3.05) is 6.54 Å². The molecule has 0 aliphatic heterocycles. The molecule has 2 aromatic heterocycles. The zero-order valence-electron chi connectivity index (χ0n) is 11.2. The highest BCUT2D eigenvalue weighted by atomic mass is 32.2. The molecule has 0 aliphatic carbocycles. The van der Waals surface area contributed by atoms with Gasteiger partial charge in [0.25, 0.3) is 0 Å². The highest BCUT2D eigenvalue weighted by molar-refractivity contribution is 7.89. The lowest BCUT2D eigenvalue weighted by atomic mass is 10.3. The van der Waals surface area contributed by atoms with Gasteiger partial charge in [0.2, 0.25) is 10.0 Å². The molecule has 0 aliphatic rings. The van der Waals surface area contributed by atoms with Crippen LogP contribution < -0.4 is 10.5 Å². The molecule has 0 spiro atoms. The van der Waals surface area contributed by atoms with Gasteiger partial charge in [-0.3, -0.25) is 4.68 Å². The van der Waals surface area contributed by atoms with Gasteiger partial charge in [0.1, 0.15) is 4.90 Å². The Morgan fingerprint density at radius 2 is 2.30 bits per heavy atom. The van der Waals surface area contributed by atoms with E-state index in [1.807, 2.05) is 18.4 Å². The quantitative estimate of drug-likeness (QED) is 0.800. The summed E-state index contributed by atoms with van der Waals surface area (Å²) in [6, 6.07) is 1.97. The van der Waals surface area contributed by atoms with E-state index in [-0.39, 0.29) is 4.90 Å². The molecule has 110 valence electrons. The molecule has 0 amide bonds. The molecular formula is C12H18N4O2S2. The third kappa shape index (κ3) is 3.66. The molecule has 0 unspecified atom stereocenters. The van der Waals surface area contributed by atoms with Gasteiger partial charge >= 0.3 is 0 Å². The highest BCUT2D eigenvalue weighted by Crippen LogP contribution is 2.16. The van der Waals surface area contributed by atoms with Gasteiger partial charge in [-0.25, -0.2) is 13.1 Å². The Bertz CT molecular complexity index is 661. The maximum Gasteiger partial charge on any atom is 0.244 e. The maximum absolute atomic E-state index is 12.1. The third-order valence-corrected chi connectivity index (χ3v) is 5.28. The molecule has 0 radical (unpaired) electrons. The molecule has 0 atom stereocenters. The van der Waals surface area contributed by atoms with Crippen LogP contribution in [0.4, 0.5) is 0 Å². The number of nitrogens with two attached hydrogens (primary N) is 1. The van der Waals surface area contributed by atoms with E-state index in [0.717, 1.165) is 16.9 Å². The molecule has 0 aromatic carbocycles. The van der Waals surface area contributed by atoms with Crippen LogP contribution in [0.3, 0.4) is 0 Å². The highest BCUT2D eigenvalue weighted by Gasteiger charge is 2.16. The first-order chi connectivity index (χ1) is 9.53. The van der Waals surface area contributed by atoms with Gasteiger partial charge < -0.3 is 5.73 Å². The van der Waals surface area contributed by atoms with E-state index in [9.17, 15) is 8.42 Å². The second-order valence-corrected chi connectivity index (χ2v) is 7.20. The van der Waals surface area contributed by atoms with Crippen LogP contribution in [0.1, 0.15) is 16.9 Å². The van der Waals surface area contributed by atoms with Crippen LogP contribution in [0.5, 0.6) is 0 Å². The lowest BCUT2D eigenvalue weighted by Crippen LogP contribution is -2.22. The minimum absolute atomic E-state index is 0.184. The summed E-state index contributed by atoms with van der Waals surface area (Å²) in [6.07, 6.45) is 3.66. The lowest BCUT2D eigenvalue weighted by Gasteiger charge is -2.04. The topological polar surface area (TPSA) is 90.0 Å². The molecule has 0 fully saturated rings. The summed E-state index contributed by atoms with van der Waals surface area (Å²) >= 11 is 1.54. The average Bonchev–Trinajstić information content (AvgIpc) is 3.03. The number of nitrogens with one attached hydrogen (secondary N) is 1. The van der Waals surface area contributed by atoms with Crippen LogP contribution in [0, 0.1) is 6.92 Å². The minimum atomic E-state index is -3.52. The maximum atomic E-state index is 12.1. The van der Waals surface area contributed by atoms with Crippen molar-refractivity contribution in [1.29, 1.82) is 0 Å². The number of rotatable bonds is 7. The number of sulfonamides is 1. The van der Waals surface area contributed by atoms with Crippen LogP contribution >= 0.6 is 11.3 Å². The van der Waals surface area contributed by atoms with Crippen LogP contribution in [0.15, 0.2) is 28.7 Å². The SMILES string of the molecule is Cc1ccsc1CNS(=O)(=O)c1cnn(CCCN)c1. The zero-order valence-corrected chi connectivity index (χ0v) is 12.9. The van der Waals surface area contributed by atoms with E-state index in [4.69, 9.17) is 5.73 Å². The van der Waals surface area contributed by atoms with Crippen molar-refractivity contribution in [2.24, 2.45) is 5.73 Å². The fourth-order valence-electron chi connectivity index (χ4n) is 1.69. The molecule has 0 saturated carbocycles. The second-order valence-electron chi connectivity index (χ2n) is 4.43. The van der Waals surface area contributed by atoms with E-state index in [0.29, 0.717) is 19.6 Å². The normalized spacial score (nSPS) is 11.9. The van der Waals surface area contributed by atoms with Gasteiger partial charge in [-0.2, -0.15) is 5.10 Å². The fourth-order valence-corrected chi connectivity index (χ4v) is 3.57. The molecular weight excluding hydrogens is 296 g/mol. The van der Waals surface area contributed by atoms with Crippen molar-refractivity contribution in [2.45, 2.75) is 31.3 Å². The number of aryl methyl sites for hydroxylation is 2. The Hall–Kier alpha value is -1.22. The number of thiophene rings is 1. The van der Waals surface area contributed by atoms with Crippen molar-refractivity contribution in [3.05, 3.63) is 34.3 Å². The summed E-state index contributed by atoms with van der Waals surface area (Å²) in [6.45, 7) is 3.44. The molecule has 6 nitrogen and oxygen atoms in total. The molecule has 3 N–H and O–H groups in total. The Morgan fingerprint density at radius 1 is 1.50 bits per heavy atom. The zero-order chi connectivity index (χ0) is 14.6. The largest absolute Gasteiger partial charge is 0.330 e. The minimum Gasteiger partial charge on any atom is -0.330 e. The third-order valence-electron chi connectivity index (χ3n) is 2.90. The van der Waals surface area contributed by atoms with Gasteiger partial charge in [-0.05, 0) is 36.9 Å². The molecule has 0 saturated heterocycles. The van der Waals surface area contributed by atoms with Gasteiger partial charge in [0, 0.05) is 24.2 Å². The summed E-state index contributed by atoms with van der Waals surface area (Å²) in [5.41, 5.74) is 6.51. The van der Waals surface area contributed by atoms with Crippen molar-refractivity contribution in [3.63, 3.8) is 0 Å². The van der Waals surface area contributed by atoms with Gasteiger partial charge in [-0.1, -0.05) is 0 Å². The number of nitrogens with zero attached hydrogens (tertiary/aromatic N) is 2. The summed E-state index contributed by atoms with van der Waals surface area (Å²) in [7, 11) is -3.52. The number of aromatic nitrogens is 2. The van der Waals surface area contributed by atoms with E-state index >= 15 is 0 Å². The van der Waals surface area contributed by atoms with Gasteiger partial charge in [0.05, 0.1) is 6.20 Å². The second kappa shape index (κ2) is 6.49. The Morgan fingerprint density at radius 3 is 2.95 bits per heavy atom. The predicted molar refractivity (Wildman–Crippen MR) is 79.0 cm³/mol. The molecule has 2 rings (SSSR count). The summed E-state index contributed by atoms with van der Waals surface area (Å²) in [4.78, 5) is 1.20. The summed E-state index contributed by atoms with van der Waals surface area (Å²) in [5.74, 6) is 0. The lowest BCUT2D eigenvalue weighted by molar-refractivity contribution is 0.576.